The van der Waals surface area contributed by atoms with Gasteiger partial charge in [0.05, 0.1) is 0 Å². The molecule has 0 aromatic carbocycles. The van der Waals surface area contributed by atoms with Crippen molar-refractivity contribution in [3.63, 3.8) is 0 Å². The highest BCUT2D eigenvalue weighted by atomic mass is 32.1. The Kier molecular flexibility index (Phi) is 3.74. The van der Waals surface area contributed by atoms with Crippen molar-refractivity contribution in [2.45, 2.75) is 33.9 Å². The Morgan fingerprint density at radius 3 is 2.62 bits per heavy atom. The summed E-state index contributed by atoms with van der Waals surface area (Å²) in [5.41, 5.74) is 2.53. The summed E-state index contributed by atoms with van der Waals surface area (Å²) in [4.78, 5) is 7.23. The summed E-state index contributed by atoms with van der Waals surface area (Å²) in [6.45, 7) is 8.18. The van der Waals surface area contributed by atoms with Gasteiger partial charge in [-0.05, 0) is 32.4 Å². The molecular weight excluding hydrogens is 236 g/mol. The molecule has 0 bridgehead atoms. The smallest absolute Gasteiger partial charge is 0.107 e. The van der Waals surface area contributed by atoms with Crippen molar-refractivity contribution in [1.82, 2.24) is 10.3 Å². The lowest BCUT2D eigenvalue weighted by molar-refractivity contribution is 0.688. The largest absolute Gasteiger partial charge is 0.306 e. The lowest BCUT2D eigenvalue weighted by Gasteiger charge is -2.01. The van der Waals surface area contributed by atoms with Gasteiger partial charge in [-0.25, -0.2) is 4.98 Å². The fourth-order valence-corrected chi connectivity index (χ4v) is 3.33. The molecule has 0 aliphatic heterocycles. The molecule has 2 aromatic rings. The van der Waals surface area contributed by atoms with E-state index in [1.165, 1.54) is 20.3 Å². The van der Waals surface area contributed by atoms with E-state index in [9.17, 15) is 0 Å². The monoisotopic (exact) mass is 252 g/mol. The SMILES string of the molecule is Cc1csc(CNCc2cc(C)sc2C)n1. The maximum atomic E-state index is 4.43. The molecule has 0 saturated carbocycles. The summed E-state index contributed by atoms with van der Waals surface area (Å²) in [7, 11) is 0. The number of thiazole rings is 1. The summed E-state index contributed by atoms with van der Waals surface area (Å²) >= 11 is 3.59. The third kappa shape index (κ3) is 2.90. The minimum Gasteiger partial charge on any atom is -0.306 e. The van der Waals surface area contributed by atoms with E-state index in [1.807, 2.05) is 18.3 Å². The highest BCUT2D eigenvalue weighted by Crippen LogP contribution is 2.20. The van der Waals surface area contributed by atoms with Crippen LogP contribution in [0.1, 0.15) is 26.0 Å². The van der Waals surface area contributed by atoms with Crippen LogP contribution >= 0.6 is 22.7 Å². The number of nitrogens with zero attached hydrogens (tertiary/aromatic N) is 1. The van der Waals surface area contributed by atoms with Crippen LogP contribution in [-0.4, -0.2) is 4.98 Å². The van der Waals surface area contributed by atoms with E-state index in [4.69, 9.17) is 0 Å². The summed E-state index contributed by atoms with van der Waals surface area (Å²) < 4.78 is 0. The van der Waals surface area contributed by atoms with Crippen molar-refractivity contribution in [3.05, 3.63) is 37.5 Å². The number of aryl methyl sites for hydroxylation is 3. The maximum absolute atomic E-state index is 4.43. The molecule has 0 saturated heterocycles. The van der Waals surface area contributed by atoms with Crippen LogP contribution < -0.4 is 5.32 Å². The van der Waals surface area contributed by atoms with Crippen molar-refractivity contribution in [2.75, 3.05) is 0 Å². The van der Waals surface area contributed by atoms with E-state index in [-0.39, 0.29) is 0 Å². The third-order valence-electron chi connectivity index (χ3n) is 2.40. The van der Waals surface area contributed by atoms with Crippen LogP contribution in [-0.2, 0) is 13.1 Å². The van der Waals surface area contributed by atoms with Gasteiger partial charge in [0.1, 0.15) is 5.01 Å². The minimum absolute atomic E-state index is 0.868. The highest BCUT2D eigenvalue weighted by Gasteiger charge is 2.03. The molecule has 0 unspecified atom stereocenters. The quantitative estimate of drug-likeness (QED) is 0.902. The number of hydrogen-bond acceptors (Lipinski definition) is 4. The molecule has 0 aliphatic carbocycles. The van der Waals surface area contributed by atoms with Gasteiger partial charge in [-0.3, -0.25) is 0 Å². The van der Waals surface area contributed by atoms with Gasteiger partial charge in [0.2, 0.25) is 0 Å². The first-order valence-electron chi connectivity index (χ1n) is 5.33. The van der Waals surface area contributed by atoms with E-state index >= 15 is 0 Å². The van der Waals surface area contributed by atoms with Gasteiger partial charge in [0.25, 0.3) is 0 Å². The van der Waals surface area contributed by atoms with Crippen LogP contribution in [0.25, 0.3) is 0 Å². The molecule has 0 atom stereocenters. The average Bonchev–Trinajstić information content (AvgIpc) is 2.74. The Morgan fingerprint density at radius 2 is 2.06 bits per heavy atom. The summed E-state index contributed by atoms with van der Waals surface area (Å²) in [6.07, 6.45) is 0. The molecule has 86 valence electrons. The van der Waals surface area contributed by atoms with Gasteiger partial charge in [-0.1, -0.05) is 0 Å². The summed E-state index contributed by atoms with van der Waals surface area (Å²) in [5.74, 6) is 0. The molecule has 0 fully saturated rings. The van der Waals surface area contributed by atoms with Gasteiger partial charge < -0.3 is 5.32 Å². The van der Waals surface area contributed by atoms with Gasteiger partial charge in [-0.2, -0.15) is 0 Å². The molecule has 0 radical (unpaired) electrons. The second kappa shape index (κ2) is 5.08. The molecule has 2 heterocycles. The second-order valence-corrected chi connectivity index (χ2v) is 6.33. The van der Waals surface area contributed by atoms with Crippen molar-refractivity contribution >= 4 is 22.7 Å². The molecule has 0 amide bonds. The van der Waals surface area contributed by atoms with Gasteiger partial charge in [0.15, 0.2) is 0 Å². The summed E-state index contributed by atoms with van der Waals surface area (Å²) in [6, 6.07) is 2.26. The Balaban J connectivity index is 1.86. The number of hydrogen-bond donors (Lipinski definition) is 1. The number of nitrogens with one attached hydrogen (secondary N) is 1. The number of rotatable bonds is 4. The van der Waals surface area contributed by atoms with Gasteiger partial charge in [0, 0.05) is 33.9 Å². The first-order valence-corrected chi connectivity index (χ1v) is 7.02. The van der Waals surface area contributed by atoms with Crippen LogP contribution in [0.4, 0.5) is 0 Å². The van der Waals surface area contributed by atoms with E-state index in [1.54, 1.807) is 11.3 Å². The average molecular weight is 252 g/mol. The van der Waals surface area contributed by atoms with E-state index < -0.39 is 0 Å². The van der Waals surface area contributed by atoms with Crippen molar-refractivity contribution in [3.8, 4) is 0 Å². The van der Waals surface area contributed by atoms with E-state index in [0.717, 1.165) is 18.8 Å². The molecule has 2 rings (SSSR count). The second-order valence-electron chi connectivity index (χ2n) is 3.92. The predicted molar refractivity (Wildman–Crippen MR) is 71.2 cm³/mol. The zero-order valence-electron chi connectivity index (χ0n) is 9.83. The van der Waals surface area contributed by atoms with Crippen LogP contribution in [0.15, 0.2) is 11.4 Å². The Labute approximate surface area is 104 Å². The fourth-order valence-electron chi connectivity index (χ4n) is 1.65. The molecule has 1 N–H and O–H groups in total. The lowest BCUT2D eigenvalue weighted by atomic mass is 10.2. The minimum atomic E-state index is 0.868. The Morgan fingerprint density at radius 1 is 1.25 bits per heavy atom. The van der Waals surface area contributed by atoms with E-state index in [2.05, 4.69) is 35.6 Å². The standard InChI is InChI=1S/C12H16N2S2/c1-8-7-15-12(14-8)6-13-5-11-4-9(2)16-10(11)3/h4,7,13H,5-6H2,1-3H3. The zero-order chi connectivity index (χ0) is 11.5. The maximum Gasteiger partial charge on any atom is 0.107 e. The Hall–Kier alpha value is -0.710. The molecule has 16 heavy (non-hydrogen) atoms. The van der Waals surface area contributed by atoms with Crippen molar-refractivity contribution < 1.29 is 0 Å². The fraction of sp³-hybridized carbons (Fsp3) is 0.417. The van der Waals surface area contributed by atoms with Crippen molar-refractivity contribution in [2.24, 2.45) is 0 Å². The number of thiophene rings is 1. The molecule has 0 aliphatic rings. The van der Waals surface area contributed by atoms with E-state index in [0.29, 0.717) is 0 Å². The highest BCUT2D eigenvalue weighted by molar-refractivity contribution is 7.12. The van der Waals surface area contributed by atoms with Gasteiger partial charge in [-0.15, -0.1) is 22.7 Å². The Bertz CT molecular complexity index is 471. The topological polar surface area (TPSA) is 24.9 Å². The first kappa shape index (κ1) is 11.8. The summed E-state index contributed by atoms with van der Waals surface area (Å²) in [5, 5.41) is 6.70. The van der Waals surface area contributed by atoms with Crippen LogP contribution in [0.3, 0.4) is 0 Å². The van der Waals surface area contributed by atoms with Gasteiger partial charge >= 0.3 is 0 Å². The zero-order valence-corrected chi connectivity index (χ0v) is 11.5. The lowest BCUT2D eigenvalue weighted by Crippen LogP contribution is -2.12. The first-order chi connectivity index (χ1) is 7.65. The van der Waals surface area contributed by atoms with Crippen LogP contribution in [0.5, 0.6) is 0 Å². The molecule has 2 nitrogen and oxygen atoms in total. The molecule has 0 spiro atoms. The third-order valence-corrected chi connectivity index (χ3v) is 4.38. The number of aromatic nitrogens is 1. The van der Waals surface area contributed by atoms with Crippen LogP contribution in [0.2, 0.25) is 0 Å². The normalized spacial score (nSPS) is 10.9. The predicted octanol–water partition coefficient (Wildman–Crippen LogP) is 3.42. The van der Waals surface area contributed by atoms with Crippen LogP contribution in [0, 0.1) is 20.8 Å². The molecule has 2 aromatic heterocycles. The molecular formula is C12H16N2S2. The molecule has 4 heteroatoms. The van der Waals surface area contributed by atoms with Crippen molar-refractivity contribution in [1.29, 1.82) is 0 Å².